The fourth-order valence-electron chi connectivity index (χ4n) is 7.68. The topological polar surface area (TPSA) is 29.3 Å². The first kappa shape index (κ1) is 33.1. The zero-order valence-electron chi connectivity index (χ0n) is 30.6. The summed E-state index contributed by atoms with van der Waals surface area (Å²) < 4.78 is 6.35. The van der Waals surface area contributed by atoms with Crippen LogP contribution in [0, 0.1) is 0 Å². The van der Waals surface area contributed by atoms with Gasteiger partial charge in [0.05, 0.1) is 0 Å². The van der Waals surface area contributed by atoms with Crippen molar-refractivity contribution in [3.05, 3.63) is 218 Å². The number of hydrogen-bond acceptors (Lipinski definition) is 3. The zero-order chi connectivity index (χ0) is 37.3. The molecule has 264 valence electrons. The quantitative estimate of drug-likeness (QED) is 0.157. The van der Waals surface area contributed by atoms with E-state index in [0.717, 1.165) is 66.8 Å². The average Bonchev–Trinajstić information content (AvgIpc) is 3.73. The monoisotopic (exact) mass is 716 g/mol. The Hall–Kier alpha value is -7.49. The van der Waals surface area contributed by atoms with Gasteiger partial charge in [0.1, 0.15) is 5.52 Å². The molecular formula is C53H36N2O. The minimum absolute atomic E-state index is 0.638. The van der Waals surface area contributed by atoms with Crippen LogP contribution in [0.25, 0.3) is 77.8 Å². The van der Waals surface area contributed by atoms with Crippen molar-refractivity contribution < 1.29 is 4.42 Å². The van der Waals surface area contributed by atoms with E-state index in [1.165, 1.54) is 22.3 Å². The maximum Gasteiger partial charge on any atom is 0.227 e. The van der Waals surface area contributed by atoms with Gasteiger partial charge in [-0.05, 0) is 104 Å². The van der Waals surface area contributed by atoms with Crippen LogP contribution in [-0.4, -0.2) is 4.98 Å². The van der Waals surface area contributed by atoms with Crippen molar-refractivity contribution in [1.29, 1.82) is 0 Å². The molecule has 0 aliphatic carbocycles. The summed E-state index contributed by atoms with van der Waals surface area (Å²) in [5.41, 5.74) is 15.3. The lowest BCUT2D eigenvalue weighted by Gasteiger charge is -2.26. The first-order chi connectivity index (χ1) is 27.7. The molecule has 10 rings (SSSR count). The van der Waals surface area contributed by atoms with Gasteiger partial charge in [-0.25, -0.2) is 4.98 Å². The zero-order valence-corrected chi connectivity index (χ0v) is 30.6. The smallest absolute Gasteiger partial charge is 0.227 e. The summed E-state index contributed by atoms with van der Waals surface area (Å²) >= 11 is 0. The summed E-state index contributed by atoms with van der Waals surface area (Å²) in [5.74, 6) is 0.638. The van der Waals surface area contributed by atoms with Gasteiger partial charge in [0, 0.05) is 28.0 Å². The average molecular weight is 717 g/mol. The number of nitrogens with zero attached hydrogens (tertiary/aromatic N) is 2. The summed E-state index contributed by atoms with van der Waals surface area (Å²) in [5, 5.41) is 2.20. The molecule has 0 N–H and O–H groups in total. The second-order valence-electron chi connectivity index (χ2n) is 14.0. The first-order valence-corrected chi connectivity index (χ1v) is 18.9. The molecular weight excluding hydrogens is 681 g/mol. The molecule has 0 saturated carbocycles. The van der Waals surface area contributed by atoms with E-state index in [-0.39, 0.29) is 0 Å². The van der Waals surface area contributed by atoms with Gasteiger partial charge in [0.15, 0.2) is 5.58 Å². The summed E-state index contributed by atoms with van der Waals surface area (Å²) in [6.07, 6.45) is 0. The lowest BCUT2D eigenvalue weighted by Crippen LogP contribution is -2.10. The highest BCUT2D eigenvalue weighted by Crippen LogP contribution is 2.39. The minimum atomic E-state index is 0.638. The first-order valence-electron chi connectivity index (χ1n) is 18.9. The Labute approximate surface area is 326 Å². The van der Waals surface area contributed by atoms with Gasteiger partial charge < -0.3 is 9.32 Å². The molecule has 0 saturated heterocycles. The van der Waals surface area contributed by atoms with E-state index in [2.05, 4.69) is 193 Å². The fourth-order valence-corrected chi connectivity index (χ4v) is 7.68. The molecule has 0 spiro atoms. The number of anilines is 3. The maximum absolute atomic E-state index is 6.35. The third kappa shape index (κ3) is 6.31. The molecule has 0 radical (unpaired) electrons. The van der Waals surface area contributed by atoms with E-state index in [1.807, 2.05) is 30.3 Å². The standard InChI is InChI=1S/C53H36N2O/c1-4-12-37(13-5-1)40-26-30-45(31-27-40)55(47-19-10-18-44(36-47)38-14-6-2-7-15-38)46-32-28-41(29-33-46)39-22-24-42(25-23-39)48-20-11-21-50-49(48)34-35-51-52(50)56-53(54-51)43-16-8-3-9-17-43/h1-36H. The Morgan fingerprint density at radius 3 is 1.41 bits per heavy atom. The molecule has 9 aromatic carbocycles. The molecule has 56 heavy (non-hydrogen) atoms. The molecule has 0 fully saturated rings. The number of fused-ring (bicyclic) bond motifs is 3. The molecule has 0 aliphatic heterocycles. The van der Waals surface area contributed by atoms with E-state index in [1.54, 1.807) is 0 Å². The second kappa shape index (κ2) is 14.4. The molecule has 0 unspecified atom stereocenters. The van der Waals surface area contributed by atoms with Crippen LogP contribution in [0.3, 0.4) is 0 Å². The normalized spacial score (nSPS) is 11.2. The Kier molecular flexibility index (Phi) is 8.51. The molecule has 0 amide bonds. The lowest BCUT2D eigenvalue weighted by atomic mass is 9.95. The third-order valence-electron chi connectivity index (χ3n) is 10.5. The van der Waals surface area contributed by atoms with Gasteiger partial charge in [-0.2, -0.15) is 0 Å². The van der Waals surface area contributed by atoms with Crippen molar-refractivity contribution in [3.8, 4) is 56.0 Å². The molecule has 0 atom stereocenters. The number of hydrogen-bond donors (Lipinski definition) is 0. The van der Waals surface area contributed by atoms with Crippen molar-refractivity contribution in [2.45, 2.75) is 0 Å². The Balaban J connectivity index is 0.970. The van der Waals surface area contributed by atoms with Crippen LogP contribution in [0.1, 0.15) is 0 Å². The van der Waals surface area contributed by atoms with Gasteiger partial charge in [-0.1, -0.05) is 164 Å². The molecule has 1 aromatic heterocycles. The highest BCUT2D eigenvalue weighted by Gasteiger charge is 2.16. The van der Waals surface area contributed by atoms with Crippen molar-refractivity contribution in [2.24, 2.45) is 0 Å². The van der Waals surface area contributed by atoms with Crippen molar-refractivity contribution >= 4 is 38.9 Å². The highest BCUT2D eigenvalue weighted by atomic mass is 16.3. The van der Waals surface area contributed by atoms with Crippen molar-refractivity contribution in [3.63, 3.8) is 0 Å². The van der Waals surface area contributed by atoms with Crippen LogP contribution in [0.15, 0.2) is 223 Å². The number of benzene rings is 9. The molecule has 1 heterocycles. The maximum atomic E-state index is 6.35. The van der Waals surface area contributed by atoms with E-state index in [4.69, 9.17) is 9.40 Å². The molecule has 3 heteroatoms. The molecule has 0 aliphatic rings. The van der Waals surface area contributed by atoms with Gasteiger partial charge in [0.2, 0.25) is 5.89 Å². The van der Waals surface area contributed by atoms with Crippen LogP contribution < -0.4 is 4.90 Å². The summed E-state index contributed by atoms with van der Waals surface area (Å²) in [6, 6.07) is 77.2. The van der Waals surface area contributed by atoms with Gasteiger partial charge in [0.25, 0.3) is 0 Å². The minimum Gasteiger partial charge on any atom is -0.435 e. The largest absolute Gasteiger partial charge is 0.435 e. The molecule has 10 aromatic rings. The number of aromatic nitrogens is 1. The van der Waals surface area contributed by atoms with Crippen LogP contribution >= 0.6 is 0 Å². The summed E-state index contributed by atoms with van der Waals surface area (Å²) in [7, 11) is 0. The van der Waals surface area contributed by atoms with Crippen molar-refractivity contribution in [1.82, 2.24) is 4.98 Å². The van der Waals surface area contributed by atoms with E-state index >= 15 is 0 Å². The summed E-state index contributed by atoms with van der Waals surface area (Å²) in [6.45, 7) is 0. The van der Waals surface area contributed by atoms with E-state index in [9.17, 15) is 0 Å². The molecule has 3 nitrogen and oxygen atoms in total. The highest BCUT2D eigenvalue weighted by molar-refractivity contribution is 6.09. The third-order valence-corrected chi connectivity index (χ3v) is 10.5. The van der Waals surface area contributed by atoms with Gasteiger partial charge in [-0.3, -0.25) is 0 Å². The molecule has 0 bridgehead atoms. The van der Waals surface area contributed by atoms with Crippen LogP contribution in [0.2, 0.25) is 0 Å². The second-order valence-corrected chi connectivity index (χ2v) is 14.0. The van der Waals surface area contributed by atoms with Gasteiger partial charge >= 0.3 is 0 Å². The summed E-state index contributed by atoms with van der Waals surface area (Å²) in [4.78, 5) is 7.13. The van der Waals surface area contributed by atoms with Crippen LogP contribution in [-0.2, 0) is 0 Å². The predicted molar refractivity (Wildman–Crippen MR) is 233 cm³/mol. The van der Waals surface area contributed by atoms with Gasteiger partial charge in [-0.15, -0.1) is 0 Å². The predicted octanol–water partition coefficient (Wildman–Crippen LogP) is 14.8. The lowest BCUT2D eigenvalue weighted by molar-refractivity contribution is 0.623. The van der Waals surface area contributed by atoms with Crippen molar-refractivity contribution in [2.75, 3.05) is 4.90 Å². The van der Waals surface area contributed by atoms with E-state index in [0.29, 0.717) is 5.89 Å². The number of oxazole rings is 1. The van der Waals surface area contributed by atoms with Crippen LogP contribution in [0.4, 0.5) is 17.1 Å². The number of rotatable bonds is 8. The Morgan fingerprint density at radius 1 is 0.321 bits per heavy atom. The Morgan fingerprint density at radius 2 is 0.804 bits per heavy atom. The Bertz CT molecular complexity index is 2920. The SMILES string of the molecule is c1ccc(-c2ccc(N(c3ccc(-c4ccc(-c5cccc6c5ccc5nc(-c7ccccc7)oc56)cc4)cc3)c3cccc(-c4ccccc4)c3)cc2)cc1. The van der Waals surface area contributed by atoms with Crippen LogP contribution in [0.5, 0.6) is 0 Å². The fraction of sp³-hybridized carbons (Fsp3) is 0. The van der Waals surface area contributed by atoms with E-state index < -0.39 is 0 Å².